The van der Waals surface area contributed by atoms with Crippen LogP contribution in [0, 0.1) is 0 Å². The molecule has 0 bridgehead atoms. The van der Waals surface area contributed by atoms with Crippen LogP contribution in [-0.4, -0.2) is 31.4 Å². The van der Waals surface area contributed by atoms with E-state index in [4.69, 9.17) is 4.74 Å². The number of esters is 1. The Morgan fingerprint density at radius 1 is 1.18 bits per heavy atom. The minimum Gasteiger partial charge on any atom is -0.464 e. The first-order chi connectivity index (χ1) is 8.11. The van der Waals surface area contributed by atoms with Crippen LogP contribution in [0.25, 0.3) is 0 Å². The van der Waals surface area contributed by atoms with Crippen molar-refractivity contribution in [3.63, 3.8) is 0 Å². The van der Waals surface area contributed by atoms with Crippen LogP contribution in [0.2, 0.25) is 0 Å². The standard InChI is InChI=1S/C13H25NO3/c1-4-5-6-7-8-9-13(16)17-10-12(14-3)11(2)15/h12,14H,4-10H2,1-3H3. The zero-order valence-corrected chi connectivity index (χ0v) is 11.3. The molecule has 0 aliphatic heterocycles. The lowest BCUT2D eigenvalue weighted by Gasteiger charge is -2.12. The molecular weight excluding hydrogens is 218 g/mol. The van der Waals surface area contributed by atoms with Crippen molar-refractivity contribution in [3.8, 4) is 0 Å². The number of unbranched alkanes of at least 4 members (excludes halogenated alkanes) is 4. The van der Waals surface area contributed by atoms with Gasteiger partial charge in [-0.25, -0.2) is 0 Å². The Balaban J connectivity index is 3.55. The summed E-state index contributed by atoms with van der Waals surface area (Å²) in [6, 6.07) is -0.376. The third-order valence-electron chi connectivity index (χ3n) is 2.73. The second-order valence-electron chi connectivity index (χ2n) is 4.30. The third-order valence-corrected chi connectivity index (χ3v) is 2.73. The van der Waals surface area contributed by atoms with Gasteiger partial charge in [-0.1, -0.05) is 32.6 Å². The van der Waals surface area contributed by atoms with Crippen LogP contribution in [0.4, 0.5) is 0 Å². The highest BCUT2D eigenvalue weighted by Crippen LogP contribution is 2.05. The quantitative estimate of drug-likeness (QED) is 0.471. The van der Waals surface area contributed by atoms with Gasteiger partial charge in [0.15, 0.2) is 0 Å². The third kappa shape index (κ3) is 8.86. The molecule has 0 aromatic carbocycles. The van der Waals surface area contributed by atoms with Crippen LogP contribution in [0.1, 0.15) is 52.4 Å². The number of hydrogen-bond donors (Lipinski definition) is 1. The predicted octanol–water partition coefficient (Wildman–Crippen LogP) is 2.07. The minimum absolute atomic E-state index is 0.0109. The number of ether oxygens (including phenoxy) is 1. The molecule has 0 saturated heterocycles. The summed E-state index contributed by atoms with van der Waals surface area (Å²) in [6.45, 7) is 3.79. The maximum Gasteiger partial charge on any atom is 0.305 e. The number of hydrogen-bond acceptors (Lipinski definition) is 4. The molecule has 0 aromatic heterocycles. The molecule has 0 fully saturated rings. The Morgan fingerprint density at radius 3 is 2.35 bits per heavy atom. The number of ketones is 1. The van der Waals surface area contributed by atoms with Crippen LogP contribution >= 0.6 is 0 Å². The molecule has 0 rings (SSSR count). The molecule has 0 amide bonds. The van der Waals surface area contributed by atoms with Crippen molar-refractivity contribution in [1.82, 2.24) is 5.32 Å². The van der Waals surface area contributed by atoms with E-state index < -0.39 is 0 Å². The molecule has 1 N–H and O–H groups in total. The number of Topliss-reactive ketones (excluding diaryl/α,β-unsaturated/α-hetero) is 1. The van der Waals surface area contributed by atoms with Crippen LogP contribution in [0.15, 0.2) is 0 Å². The summed E-state index contributed by atoms with van der Waals surface area (Å²) in [7, 11) is 1.69. The number of rotatable bonds is 10. The number of nitrogens with one attached hydrogen (secondary N) is 1. The van der Waals surface area contributed by atoms with E-state index in [1.807, 2.05) is 0 Å². The normalized spacial score (nSPS) is 12.2. The van der Waals surface area contributed by atoms with Crippen molar-refractivity contribution in [1.29, 1.82) is 0 Å². The SMILES string of the molecule is CCCCCCCC(=O)OCC(NC)C(C)=O. The first-order valence-electron chi connectivity index (χ1n) is 6.45. The molecule has 0 aliphatic rings. The van der Waals surface area contributed by atoms with Crippen LogP contribution in [-0.2, 0) is 14.3 Å². The predicted molar refractivity (Wildman–Crippen MR) is 67.9 cm³/mol. The average molecular weight is 243 g/mol. The highest BCUT2D eigenvalue weighted by molar-refractivity contribution is 5.82. The molecule has 0 aliphatic carbocycles. The number of carbonyl (C=O) groups excluding carboxylic acids is 2. The van der Waals surface area contributed by atoms with Crippen molar-refractivity contribution in [2.75, 3.05) is 13.7 Å². The Hall–Kier alpha value is -0.900. The van der Waals surface area contributed by atoms with Gasteiger partial charge in [-0.15, -0.1) is 0 Å². The van der Waals surface area contributed by atoms with E-state index in [-0.39, 0.29) is 24.4 Å². The van der Waals surface area contributed by atoms with Crippen LogP contribution in [0.5, 0.6) is 0 Å². The Bertz CT molecular complexity index is 229. The average Bonchev–Trinajstić information content (AvgIpc) is 2.29. The van der Waals surface area contributed by atoms with E-state index in [0.717, 1.165) is 12.8 Å². The van der Waals surface area contributed by atoms with Crippen molar-refractivity contribution in [2.45, 2.75) is 58.4 Å². The van der Waals surface area contributed by atoms with Crippen molar-refractivity contribution in [2.24, 2.45) is 0 Å². The topological polar surface area (TPSA) is 55.4 Å². The van der Waals surface area contributed by atoms with Crippen molar-refractivity contribution < 1.29 is 14.3 Å². The van der Waals surface area contributed by atoms with Gasteiger partial charge in [0.25, 0.3) is 0 Å². The van der Waals surface area contributed by atoms with Gasteiger partial charge in [0, 0.05) is 6.42 Å². The van der Waals surface area contributed by atoms with E-state index in [9.17, 15) is 9.59 Å². The van der Waals surface area contributed by atoms with E-state index in [1.54, 1.807) is 7.05 Å². The van der Waals surface area contributed by atoms with E-state index in [1.165, 1.54) is 26.2 Å². The summed E-state index contributed by atoms with van der Waals surface area (Å²) in [4.78, 5) is 22.4. The molecule has 0 saturated carbocycles. The summed E-state index contributed by atoms with van der Waals surface area (Å²) in [5.74, 6) is -0.216. The smallest absolute Gasteiger partial charge is 0.305 e. The zero-order valence-electron chi connectivity index (χ0n) is 11.3. The van der Waals surface area contributed by atoms with Gasteiger partial charge in [0.2, 0.25) is 0 Å². The van der Waals surface area contributed by atoms with Gasteiger partial charge in [-0.3, -0.25) is 9.59 Å². The minimum atomic E-state index is -0.376. The number of likely N-dealkylation sites (N-methyl/N-ethyl adjacent to an activating group) is 1. The van der Waals surface area contributed by atoms with Gasteiger partial charge < -0.3 is 10.1 Å². The van der Waals surface area contributed by atoms with E-state index in [2.05, 4.69) is 12.2 Å². The Morgan fingerprint density at radius 2 is 1.82 bits per heavy atom. The fraction of sp³-hybridized carbons (Fsp3) is 0.846. The van der Waals surface area contributed by atoms with Crippen molar-refractivity contribution in [3.05, 3.63) is 0 Å². The summed E-state index contributed by atoms with van der Waals surface area (Å²) >= 11 is 0. The van der Waals surface area contributed by atoms with Gasteiger partial charge >= 0.3 is 5.97 Å². The Kier molecular flexibility index (Phi) is 9.72. The fourth-order valence-corrected chi connectivity index (χ4v) is 1.53. The molecule has 17 heavy (non-hydrogen) atoms. The molecular formula is C13H25NO3. The molecule has 1 atom stereocenters. The molecule has 0 aromatic rings. The molecule has 0 heterocycles. The lowest BCUT2D eigenvalue weighted by Crippen LogP contribution is -2.37. The van der Waals surface area contributed by atoms with Crippen LogP contribution < -0.4 is 5.32 Å². The molecule has 1 unspecified atom stereocenters. The lowest BCUT2D eigenvalue weighted by molar-refractivity contribution is -0.145. The zero-order chi connectivity index (χ0) is 13.1. The van der Waals surface area contributed by atoms with Gasteiger partial charge in [-0.05, 0) is 20.4 Å². The maximum absolute atomic E-state index is 11.4. The maximum atomic E-state index is 11.4. The molecule has 0 radical (unpaired) electrons. The summed E-state index contributed by atoms with van der Waals surface area (Å²) < 4.78 is 5.04. The van der Waals surface area contributed by atoms with Gasteiger partial charge in [0.05, 0.1) is 0 Å². The van der Waals surface area contributed by atoms with Gasteiger partial charge in [-0.2, -0.15) is 0 Å². The fourth-order valence-electron chi connectivity index (χ4n) is 1.53. The Labute approximate surface area is 104 Å². The second-order valence-corrected chi connectivity index (χ2v) is 4.30. The summed E-state index contributed by atoms with van der Waals surface area (Å²) in [6.07, 6.45) is 6.01. The van der Waals surface area contributed by atoms with E-state index >= 15 is 0 Å². The highest BCUT2D eigenvalue weighted by atomic mass is 16.5. The first-order valence-corrected chi connectivity index (χ1v) is 6.45. The van der Waals surface area contributed by atoms with Crippen molar-refractivity contribution >= 4 is 11.8 Å². The molecule has 0 spiro atoms. The van der Waals surface area contributed by atoms with Crippen LogP contribution in [0.3, 0.4) is 0 Å². The monoisotopic (exact) mass is 243 g/mol. The molecule has 100 valence electrons. The summed E-state index contributed by atoms with van der Waals surface area (Å²) in [5.41, 5.74) is 0. The molecule has 4 nitrogen and oxygen atoms in total. The number of carbonyl (C=O) groups is 2. The first kappa shape index (κ1) is 16.1. The molecule has 4 heteroatoms. The highest BCUT2D eigenvalue weighted by Gasteiger charge is 2.13. The van der Waals surface area contributed by atoms with Gasteiger partial charge in [0.1, 0.15) is 18.4 Å². The second kappa shape index (κ2) is 10.3. The summed E-state index contributed by atoms with van der Waals surface area (Å²) in [5, 5.41) is 2.81. The largest absolute Gasteiger partial charge is 0.464 e. The lowest BCUT2D eigenvalue weighted by atomic mass is 10.1. The van der Waals surface area contributed by atoms with E-state index in [0.29, 0.717) is 6.42 Å².